The number of pyridine rings is 1. The van der Waals surface area contributed by atoms with Crippen LogP contribution in [0.2, 0.25) is 10.0 Å². The molecule has 178 valence electrons. The van der Waals surface area contributed by atoms with E-state index in [9.17, 15) is 0 Å². The minimum atomic E-state index is 0. The first kappa shape index (κ1) is 26.6. The number of hydrogen-bond donors (Lipinski definition) is 0. The van der Waals surface area contributed by atoms with Crippen LogP contribution < -0.4 is 28.5 Å². The lowest BCUT2D eigenvalue weighted by atomic mass is 9.82. The van der Waals surface area contributed by atoms with Crippen molar-refractivity contribution in [2.24, 2.45) is 0 Å². The molecule has 1 aromatic heterocycles. The molecule has 1 heterocycles. The van der Waals surface area contributed by atoms with E-state index >= 15 is 0 Å². The first-order valence-electron chi connectivity index (χ1n) is 11.3. The Morgan fingerprint density at radius 3 is 2.17 bits per heavy atom. The monoisotopic (exact) mass is 647 g/mol. The zero-order valence-corrected chi connectivity index (χ0v) is 24.5. The molecular weight excluding hydrogens is 624 g/mol. The molecule has 3 aromatic carbocycles. The van der Waals surface area contributed by atoms with Crippen molar-refractivity contribution in [3.05, 3.63) is 106 Å². The molecule has 5 rings (SSSR count). The van der Waals surface area contributed by atoms with E-state index in [0.717, 1.165) is 40.4 Å². The van der Waals surface area contributed by atoms with Crippen LogP contribution >= 0.6 is 47.2 Å². The van der Waals surface area contributed by atoms with Crippen molar-refractivity contribution >= 4 is 51.4 Å². The van der Waals surface area contributed by atoms with E-state index in [1.165, 1.54) is 22.4 Å². The Labute approximate surface area is 243 Å². The Bertz CT molecular complexity index is 1360. The van der Waals surface area contributed by atoms with Crippen LogP contribution in [0.3, 0.4) is 0 Å². The van der Waals surface area contributed by atoms with Crippen LogP contribution in [-0.2, 0) is 6.42 Å². The number of benzene rings is 3. The second-order valence-electron chi connectivity index (χ2n) is 8.44. The first-order chi connectivity index (χ1) is 16.6. The van der Waals surface area contributed by atoms with Gasteiger partial charge in [0.05, 0.1) is 20.2 Å². The largest absolute Gasteiger partial charge is 1.00 e. The summed E-state index contributed by atoms with van der Waals surface area (Å²) in [4.78, 5) is 0. The first-order valence-corrected chi connectivity index (χ1v) is 13.7. The number of thiocarbonyl (C=S) groups is 1. The highest BCUT2D eigenvalue weighted by Crippen LogP contribution is 2.41. The van der Waals surface area contributed by atoms with Gasteiger partial charge >= 0.3 is 0 Å². The molecule has 0 radical (unpaired) electrons. The maximum absolute atomic E-state index is 6.52. The van der Waals surface area contributed by atoms with Crippen LogP contribution in [0.15, 0.2) is 84.9 Å². The maximum atomic E-state index is 6.52. The Hall–Kier alpha value is -1.44. The molecule has 6 heteroatoms. The topological polar surface area (TPSA) is 3.88 Å². The van der Waals surface area contributed by atoms with Gasteiger partial charge in [-0.05, 0) is 54.8 Å². The zero-order valence-electron chi connectivity index (χ0n) is 19.2. The van der Waals surface area contributed by atoms with Gasteiger partial charge in [0, 0.05) is 29.3 Å². The molecule has 1 aliphatic rings. The fraction of sp³-hybridized carbons (Fsp3) is 0.172. The lowest BCUT2D eigenvalue weighted by molar-refractivity contribution is -0.594. The van der Waals surface area contributed by atoms with E-state index in [1.54, 1.807) is 11.8 Å². The number of halogens is 3. The van der Waals surface area contributed by atoms with Gasteiger partial charge < -0.3 is 24.0 Å². The third kappa shape index (κ3) is 5.33. The zero-order chi connectivity index (χ0) is 23.7. The van der Waals surface area contributed by atoms with Gasteiger partial charge in [0.15, 0.2) is 0 Å². The highest BCUT2D eigenvalue weighted by Gasteiger charge is 2.38. The highest BCUT2D eigenvalue weighted by molar-refractivity contribution is 8.22. The number of nitrogens with zero attached hydrogens (tertiary/aromatic N) is 1. The smallest absolute Gasteiger partial charge is 0.219 e. The summed E-state index contributed by atoms with van der Waals surface area (Å²) < 4.78 is 3.39. The number of rotatable bonds is 4. The van der Waals surface area contributed by atoms with Crippen molar-refractivity contribution < 1.29 is 28.5 Å². The number of aromatic nitrogens is 1. The second-order valence-corrected chi connectivity index (χ2v) is 10.8. The van der Waals surface area contributed by atoms with Crippen molar-refractivity contribution in [1.29, 1.82) is 0 Å². The minimum Gasteiger partial charge on any atom is -1.00 e. The molecule has 1 aliphatic carbocycles. The highest BCUT2D eigenvalue weighted by atomic mass is 127. The number of thioether (sulfide) groups is 1. The molecule has 0 spiro atoms. The van der Waals surface area contributed by atoms with Gasteiger partial charge in [0.2, 0.25) is 17.1 Å². The van der Waals surface area contributed by atoms with Crippen LogP contribution in [0.1, 0.15) is 30.0 Å². The van der Waals surface area contributed by atoms with Crippen LogP contribution in [-0.4, -0.2) is 10.5 Å². The average molecular weight is 648 g/mol. The van der Waals surface area contributed by atoms with Crippen LogP contribution in [0.5, 0.6) is 0 Å². The van der Waals surface area contributed by atoms with Gasteiger partial charge in [-0.15, -0.1) is 11.8 Å². The van der Waals surface area contributed by atoms with E-state index in [2.05, 4.69) is 83.6 Å². The lowest BCUT2D eigenvalue weighted by Gasteiger charge is -2.26. The second kappa shape index (κ2) is 11.7. The minimum absolute atomic E-state index is 0. The summed E-state index contributed by atoms with van der Waals surface area (Å²) in [5.74, 6) is 0.175. The number of fused-ring (bicyclic) bond motifs is 1. The number of hydrogen-bond acceptors (Lipinski definition) is 2. The normalized spacial score (nSPS) is 14.7. The summed E-state index contributed by atoms with van der Waals surface area (Å²) in [6.07, 6.45) is 5.26. The molecule has 0 bridgehead atoms. The summed E-state index contributed by atoms with van der Waals surface area (Å²) in [5.41, 5.74) is 8.40. The Morgan fingerprint density at radius 1 is 0.886 bits per heavy atom. The third-order valence-corrected chi connectivity index (χ3v) is 8.66. The molecular formula is C29H24Cl2INS2. The van der Waals surface area contributed by atoms with Gasteiger partial charge in [0.25, 0.3) is 0 Å². The maximum Gasteiger partial charge on any atom is 0.219 e. The van der Waals surface area contributed by atoms with E-state index in [-0.39, 0.29) is 29.9 Å². The molecule has 1 unspecified atom stereocenters. The van der Waals surface area contributed by atoms with Crippen LogP contribution in [0.25, 0.3) is 28.1 Å². The Balaban J connectivity index is 0.00000289. The van der Waals surface area contributed by atoms with E-state index in [0.29, 0.717) is 10.0 Å². The fourth-order valence-electron chi connectivity index (χ4n) is 4.91. The predicted molar refractivity (Wildman–Crippen MR) is 151 cm³/mol. The van der Waals surface area contributed by atoms with Gasteiger partial charge in [0.1, 0.15) is 0 Å². The third-order valence-electron chi connectivity index (χ3n) is 6.45. The van der Waals surface area contributed by atoms with Crippen LogP contribution in [0, 0.1) is 0 Å². The predicted octanol–water partition coefficient (Wildman–Crippen LogP) is 5.72. The molecule has 4 aromatic rings. The molecule has 1 atom stereocenters. The fourth-order valence-corrected chi connectivity index (χ4v) is 5.95. The summed E-state index contributed by atoms with van der Waals surface area (Å²) in [6, 6.07) is 29.4. The summed E-state index contributed by atoms with van der Waals surface area (Å²) >= 11 is 20.4. The molecule has 0 saturated carbocycles. The van der Waals surface area contributed by atoms with Crippen molar-refractivity contribution in [3.8, 4) is 28.1 Å². The quantitative estimate of drug-likeness (QED) is 0.159. The van der Waals surface area contributed by atoms with E-state index in [1.807, 2.05) is 12.1 Å². The Morgan fingerprint density at radius 2 is 1.54 bits per heavy atom. The Kier molecular flexibility index (Phi) is 8.93. The molecule has 0 fully saturated rings. The van der Waals surface area contributed by atoms with E-state index in [4.69, 9.17) is 35.4 Å². The average Bonchev–Trinajstić information content (AvgIpc) is 2.89. The molecule has 0 N–H and O–H groups in total. The summed E-state index contributed by atoms with van der Waals surface area (Å²) in [7, 11) is 0. The van der Waals surface area contributed by atoms with E-state index < -0.39 is 0 Å². The van der Waals surface area contributed by atoms with Gasteiger partial charge in [-0.2, -0.15) is 4.57 Å². The van der Waals surface area contributed by atoms with Crippen molar-refractivity contribution in [1.82, 2.24) is 0 Å². The standard InChI is InChI=1S/C29H24Cl2NS2.HI/c1-34-29(33)23-14-8-13-22-24(19-9-4-2-5-10-19)18-27(20-11-6-3-7-12-20)32(28(22)23)21-15-16-25(30)26(31)17-21;/h2-7,9-12,15-18,23H,8,13-14H2,1H3;1H/q+1;/p-1. The molecule has 0 saturated heterocycles. The summed E-state index contributed by atoms with van der Waals surface area (Å²) in [5, 5.41) is 1.10. The SMILES string of the molecule is CSC(=S)C1CCCc2c(-c3ccccc3)cc(-c3ccccc3)[n+](-c3ccc(Cl)c(Cl)c3)c21.[I-]. The molecule has 0 aliphatic heterocycles. The van der Waals surface area contributed by atoms with Gasteiger partial charge in [-0.3, -0.25) is 0 Å². The van der Waals surface area contributed by atoms with Crippen LogP contribution in [0.4, 0.5) is 0 Å². The van der Waals surface area contributed by atoms with Crippen molar-refractivity contribution in [3.63, 3.8) is 0 Å². The van der Waals surface area contributed by atoms with Gasteiger partial charge in [-0.1, -0.05) is 84.0 Å². The lowest BCUT2D eigenvalue weighted by Crippen LogP contribution is -3.00. The molecule has 1 nitrogen and oxygen atoms in total. The molecule has 35 heavy (non-hydrogen) atoms. The van der Waals surface area contributed by atoms with Crippen molar-refractivity contribution in [2.75, 3.05) is 6.26 Å². The summed E-state index contributed by atoms with van der Waals surface area (Å²) in [6.45, 7) is 0. The van der Waals surface area contributed by atoms with Crippen molar-refractivity contribution in [2.45, 2.75) is 25.2 Å². The molecule has 0 amide bonds. The van der Waals surface area contributed by atoms with Gasteiger partial charge in [-0.25, -0.2) is 0 Å².